The number of fused-ring (bicyclic) bond motifs is 4. The molecule has 1 aromatic heterocycles. The minimum atomic E-state index is 0.715. The molecule has 0 unspecified atom stereocenters. The van der Waals surface area contributed by atoms with Gasteiger partial charge in [-0.15, -0.1) is 5.10 Å². The number of hydrogen-bond donors (Lipinski definition) is 0. The van der Waals surface area contributed by atoms with Gasteiger partial charge >= 0.3 is 0 Å². The summed E-state index contributed by atoms with van der Waals surface area (Å²) in [5, 5.41) is 11.3. The summed E-state index contributed by atoms with van der Waals surface area (Å²) >= 11 is 0. The van der Waals surface area contributed by atoms with Gasteiger partial charge in [-0.05, 0) is 42.2 Å². The van der Waals surface area contributed by atoms with E-state index >= 15 is 0 Å². The lowest BCUT2D eigenvalue weighted by molar-refractivity contribution is 0.0868. The Kier molecular flexibility index (Phi) is 5.16. The maximum atomic E-state index is 5.25. The minimum absolute atomic E-state index is 0.715. The van der Waals surface area contributed by atoms with Crippen LogP contribution in [0.5, 0.6) is 0 Å². The normalized spacial score (nSPS) is 27.1. The summed E-state index contributed by atoms with van der Waals surface area (Å²) in [7, 11) is 1.79. The topological polar surface area (TPSA) is 59.3 Å². The first kappa shape index (κ1) is 14.9. The Labute approximate surface area is 126 Å². The first-order valence-corrected chi connectivity index (χ1v) is 8.01. The van der Waals surface area contributed by atoms with Crippen LogP contribution in [-0.2, 0) is 11.3 Å². The van der Waals surface area contributed by atoms with Gasteiger partial charge in [0, 0.05) is 45.9 Å². The van der Waals surface area contributed by atoms with Crippen molar-refractivity contribution in [2.24, 2.45) is 5.92 Å². The lowest BCUT2D eigenvalue weighted by atomic mass is 9.95. The summed E-state index contributed by atoms with van der Waals surface area (Å²) in [6.45, 7) is 7.68. The van der Waals surface area contributed by atoms with Crippen LogP contribution in [0, 0.1) is 5.92 Å². The summed E-state index contributed by atoms with van der Waals surface area (Å²) in [5.41, 5.74) is 0. The highest BCUT2D eigenvalue weighted by Gasteiger charge is 2.34. The van der Waals surface area contributed by atoms with Gasteiger partial charge in [-0.25, -0.2) is 4.68 Å². The van der Waals surface area contributed by atoms with Crippen LogP contribution in [0.3, 0.4) is 0 Å². The molecule has 1 aromatic rings. The predicted molar refractivity (Wildman–Crippen MR) is 78.8 cm³/mol. The van der Waals surface area contributed by atoms with E-state index < -0.39 is 0 Å². The van der Waals surface area contributed by atoms with Crippen LogP contribution in [0.2, 0.25) is 0 Å². The molecule has 0 spiro atoms. The molecule has 0 radical (unpaired) electrons. The molecule has 7 heteroatoms. The van der Waals surface area contributed by atoms with E-state index in [9.17, 15) is 0 Å². The van der Waals surface area contributed by atoms with Gasteiger partial charge in [0.15, 0.2) is 0 Å². The number of rotatable bonds is 7. The highest BCUT2D eigenvalue weighted by Crippen LogP contribution is 2.27. The summed E-state index contributed by atoms with van der Waals surface area (Å²) in [5.74, 6) is 0.827. The van der Waals surface area contributed by atoms with Gasteiger partial charge in [0.25, 0.3) is 0 Å². The average molecular weight is 294 g/mol. The monoisotopic (exact) mass is 294 g/mol. The molecule has 3 aliphatic heterocycles. The second-order valence-electron chi connectivity index (χ2n) is 6.27. The molecule has 118 valence electrons. The van der Waals surface area contributed by atoms with E-state index in [0.717, 1.165) is 38.6 Å². The van der Waals surface area contributed by atoms with Crippen molar-refractivity contribution in [2.45, 2.75) is 31.8 Å². The summed E-state index contributed by atoms with van der Waals surface area (Å²) in [6.07, 6.45) is 5.54. The fraction of sp³-hybridized carbons (Fsp3) is 0.929. The van der Waals surface area contributed by atoms with Crippen molar-refractivity contribution in [3.05, 3.63) is 6.33 Å². The Hall–Kier alpha value is -1.05. The lowest BCUT2D eigenvalue weighted by Crippen LogP contribution is -2.45. The summed E-state index contributed by atoms with van der Waals surface area (Å²) in [6, 6.07) is 0.715. The lowest BCUT2D eigenvalue weighted by Gasteiger charge is -2.35. The minimum Gasteiger partial charge on any atom is -0.383 e. The first-order chi connectivity index (χ1) is 10.3. The largest absolute Gasteiger partial charge is 0.383 e. The van der Waals surface area contributed by atoms with Crippen LogP contribution in [0.4, 0.5) is 0 Å². The van der Waals surface area contributed by atoms with Crippen molar-refractivity contribution in [3.63, 3.8) is 0 Å². The van der Waals surface area contributed by atoms with E-state index in [4.69, 9.17) is 4.74 Å². The number of nitrogens with zero attached hydrogens (tertiary/aromatic N) is 6. The Morgan fingerprint density at radius 2 is 2.10 bits per heavy atom. The molecule has 7 nitrogen and oxygen atoms in total. The third kappa shape index (κ3) is 3.99. The third-order valence-electron chi connectivity index (χ3n) is 4.74. The third-order valence-corrected chi connectivity index (χ3v) is 4.74. The van der Waals surface area contributed by atoms with Gasteiger partial charge in [-0.3, -0.25) is 4.90 Å². The molecule has 4 heterocycles. The number of methoxy groups -OCH3 is 1. The van der Waals surface area contributed by atoms with Crippen LogP contribution in [-0.4, -0.2) is 82.5 Å². The number of tetrazole rings is 1. The Bertz CT molecular complexity index is 412. The Morgan fingerprint density at radius 1 is 1.14 bits per heavy atom. The van der Waals surface area contributed by atoms with E-state index in [1.54, 1.807) is 13.4 Å². The predicted octanol–water partition coefficient (Wildman–Crippen LogP) is 0.106. The first-order valence-electron chi connectivity index (χ1n) is 8.01. The van der Waals surface area contributed by atoms with E-state index in [1.165, 1.54) is 32.5 Å². The smallest absolute Gasteiger partial charge is 0.138 e. The van der Waals surface area contributed by atoms with Gasteiger partial charge < -0.3 is 9.64 Å². The van der Waals surface area contributed by atoms with Crippen molar-refractivity contribution < 1.29 is 4.74 Å². The van der Waals surface area contributed by atoms with Crippen LogP contribution < -0.4 is 0 Å². The molecule has 3 saturated heterocycles. The fourth-order valence-electron chi connectivity index (χ4n) is 3.68. The number of piperidine rings is 1. The number of aromatic nitrogens is 4. The second kappa shape index (κ2) is 7.29. The molecule has 3 fully saturated rings. The van der Waals surface area contributed by atoms with E-state index in [2.05, 4.69) is 25.3 Å². The Morgan fingerprint density at radius 3 is 2.90 bits per heavy atom. The summed E-state index contributed by atoms with van der Waals surface area (Å²) < 4.78 is 7.07. The average Bonchev–Trinajstić information content (AvgIpc) is 2.86. The van der Waals surface area contributed by atoms with Crippen molar-refractivity contribution in [1.29, 1.82) is 0 Å². The van der Waals surface area contributed by atoms with Gasteiger partial charge in [-0.2, -0.15) is 0 Å². The Balaban J connectivity index is 1.47. The van der Waals surface area contributed by atoms with Gasteiger partial charge in [0.1, 0.15) is 6.33 Å². The molecule has 0 saturated carbocycles. The molecule has 2 atom stereocenters. The van der Waals surface area contributed by atoms with Gasteiger partial charge in [-0.1, -0.05) is 0 Å². The van der Waals surface area contributed by atoms with E-state index in [0.29, 0.717) is 6.04 Å². The highest BCUT2D eigenvalue weighted by atomic mass is 16.5. The van der Waals surface area contributed by atoms with Gasteiger partial charge in [0.2, 0.25) is 0 Å². The molecule has 3 aliphatic rings. The maximum Gasteiger partial charge on any atom is 0.138 e. The zero-order valence-corrected chi connectivity index (χ0v) is 12.9. The molecule has 0 amide bonds. The standard InChI is InChI=1S/C14H26N6O/c1-21-8-7-19-10-13-3-4-14(19)11-18(9-13)5-2-6-20-12-15-16-17-20/h12-14H,2-11H2,1H3/t13-,14+/m0/s1. The summed E-state index contributed by atoms with van der Waals surface area (Å²) in [4.78, 5) is 5.28. The van der Waals surface area contributed by atoms with E-state index in [1.807, 2.05) is 4.68 Å². The fourth-order valence-corrected chi connectivity index (χ4v) is 3.68. The van der Waals surface area contributed by atoms with E-state index in [-0.39, 0.29) is 0 Å². The molecule has 21 heavy (non-hydrogen) atoms. The van der Waals surface area contributed by atoms with Crippen LogP contribution in [0.1, 0.15) is 19.3 Å². The molecule has 2 bridgehead atoms. The molecule has 4 rings (SSSR count). The molecular weight excluding hydrogens is 268 g/mol. The molecular formula is C14H26N6O. The molecule has 0 aromatic carbocycles. The maximum absolute atomic E-state index is 5.25. The number of hydrogen-bond acceptors (Lipinski definition) is 6. The van der Waals surface area contributed by atoms with Crippen molar-refractivity contribution in [3.8, 4) is 0 Å². The van der Waals surface area contributed by atoms with Crippen molar-refractivity contribution in [1.82, 2.24) is 30.0 Å². The quantitative estimate of drug-likeness (QED) is 0.711. The van der Waals surface area contributed by atoms with Crippen LogP contribution in [0.25, 0.3) is 0 Å². The number of ether oxygens (including phenoxy) is 1. The zero-order valence-electron chi connectivity index (χ0n) is 12.9. The van der Waals surface area contributed by atoms with Crippen molar-refractivity contribution in [2.75, 3.05) is 46.4 Å². The molecule has 0 N–H and O–H groups in total. The van der Waals surface area contributed by atoms with Crippen molar-refractivity contribution >= 4 is 0 Å². The second-order valence-corrected chi connectivity index (χ2v) is 6.27. The zero-order chi connectivity index (χ0) is 14.5. The van der Waals surface area contributed by atoms with Crippen LogP contribution >= 0.6 is 0 Å². The van der Waals surface area contributed by atoms with Gasteiger partial charge in [0.05, 0.1) is 6.61 Å². The van der Waals surface area contributed by atoms with Crippen LogP contribution in [0.15, 0.2) is 6.33 Å². The highest BCUT2D eigenvalue weighted by molar-refractivity contribution is 4.89. The SMILES string of the molecule is COCCN1C[C@H]2CC[C@@H]1CN(CCCn1cnnn1)C2. The number of aryl methyl sites for hydroxylation is 1. The molecule has 0 aliphatic carbocycles.